The van der Waals surface area contributed by atoms with Crippen LogP contribution in [0.1, 0.15) is 12.0 Å². The molecule has 1 nitrogen and oxygen atoms in total. The third-order valence-corrected chi connectivity index (χ3v) is 5.32. The molecule has 1 aliphatic rings. The molecule has 12 heavy (non-hydrogen) atoms. The Balaban J connectivity index is 2.58. The molecule has 0 bridgehead atoms. The second-order valence-electron chi connectivity index (χ2n) is 2.83. The molecule has 0 fully saturated rings. The zero-order chi connectivity index (χ0) is 8.39. The van der Waals surface area contributed by atoms with Crippen LogP contribution in [0.3, 0.4) is 0 Å². The monoisotopic (exact) mass is 198 g/mol. The Morgan fingerprint density at radius 1 is 1.33 bits per heavy atom. The van der Waals surface area contributed by atoms with Gasteiger partial charge in [0, 0.05) is 10.6 Å². The van der Waals surface area contributed by atoms with Crippen molar-refractivity contribution in [1.29, 1.82) is 0 Å². The van der Waals surface area contributed by atoms with Gasteiger partial charge in [0.1, 0.15) is 10.2 Å². The van der Waals surface area contributed by atoms with Crippen LogP contribution >= 0.6 is 0 Å². The fraction of sp³-hybridized carbons (Fsp3) is 0.333. The van der Waals surface area contributed by atoms with Gasteiger partial charge in [-0.05, 0) is 24.5 Å². The van der Waals surface area contributed by atoms with Crippen molar-refractivity contribution < 1.29 is 4.21 Å². The molecule has 0 aromatic heterocycles. The molecular formula is C9H10OS2. The van der Waals surface area contributed by atoms with Crippen LogP contribution in [-0.4, -0.2) is 9.96 Å². The van der Waals surface area contributed by atoms with E-state index in [9.17, 15) is 4.21 Å². The average molecular weight is 198 g/mol. The first-order chi connectivity index (χ1) is 5.92. The maximum atomic E-state index is 10.8. The van der Waals surface area contributed by atoms with Crippen LogP contribution < -0.4 is 0 Å². The minimum atomic E-state index is -0.0654. The third kappa shape index (κ3) is 1.39. The van der Waals surface area contributed by atoms with Gasteiger partial charge in [-0.15, -0.1) is 0 Å². The summed E-state index contributed by atoms with van der Waals surface area (Å²) in [6.45, 7) is 0. The predicted octanol–water partition coefficient (Wildman–Crippen LogP) is 1.74. The summed E-state index contributed by atoms with van der Waals surface area (Å²) in [5, 5.41) is 0. The van der Waals surface area contributed by atoms with Crippen molar-refractivity contribution in [3.8, 4) is 0 Å². The summed E-state index contributed by atoms with van der Waals surface area (Å²) in [4.78, 5) is 1.30. The topological polar surface area (TPSA) is 17.1 Å². The van der Waals surface area contributed by atoms with Gasteiger partial charge in [0.15, 0.2) is 0 Å². The number of rotatable bonds is 0. The van der Waals surface area contributed by atoms with Gasteiger partial charge in [-0.1, -0.05) is 27.7 Å². The molecule has 0 radical (unpaired) electrons. The molecule has 2 rings (SSSR count). The van der Waals surface area contributed by atoms with Crippen LogP contribution in [0.15, 0.2) is 29.2 Å². The summed E-state index contributed by atoms with van der Waals surface area (Å²) in [5.74, 6) is 1.07. The molecule has 1 aliphatic heterocycles. The largest absolute Gasteiger partial charge is 0.205 e. The predicted molar refractivity (Wildman–Crippen MR) is 53.4 cm³/mol. The number of hydrogen-bond acceptors (Lipinski definition) is 1. The lowest BCUT2D eigenvalue weighted by Crippen LogP contribution is -2.09. The summed E-state index contributed by atoms with van der Waals surface area (Å²) in [6, 6.07) is 8.33. The summed E-state index contributed by atoms with van der Waals surface area (Å²) < 4.78 is 10.8. The van der Waals surface area contributed by atoms with Gasteiger partial charge < -0.3 is 0 Å². The minimum absolute atomic E-state index is 0.0654. The first kappa shape index (κ1) is 8.20. The molecule has 0 saturated carbocycles. The fourth-order valence-electron chi connectivity index (χ4n) is 1.51. The zero-order valence-corrected chi connectivity index (χ0v) is 8.29. The Bertz CT molecular complexity index is 353. The lowest BCUT2D eigenvalue weighted by atomic mass is 10.1. The van der Waals surface area contributed by atoms with Gasteiger partial charge >= 0.3 is 0 Å². The molecule has 64 valence electrons. The van der Waals surface area contributed by atoms with Gasteiger partial charge in [0.05, 0.1) is 0 Å². The molecule has 3 heteroatoms. The van der Waals surface area contributed by atoms with Crippen molar-refractivity contribution in [3.05, 3.63) is 29.8 Å². The van der Waals surface area contributed by atoms with Crippen molar-refractivity contribution >= 4 is 19.7 Å². The minimum Gasteiger partial charge on any atom is -0.205 e. The van der Waals surface area contributed by atoms with Crippen molar-refractivity contribution in [2.24, 2.45) is 0 Å². The van der Waals surface area contributed by atoms with Crippen LogP contribution in [-0.2, 0) is 26.1 Å². The molecule has 1 unspecified atom stereocenters. The molecule has 1 heterocycles. The molecule has 0 saturated heterocycles. The van der Waals surface area contributed by atoms with E-state index in [4.69, 9.17) is 0 Å². The summed E-state index contributed by atoms with van der Waals surface area (Å²) >= 11 is 0. The first-order valence-electron chi connectivity index (χ1n) is 4.01. The second kappa shape index (κ2) is 3.54. The van der Waals surface area contributed by atoms with E-state index >= 15 is 0 Å². The maximum absolute atomic E-state index is 10.8. The van der Waals surface area contributed by atoms with Crippen LogP contribution in [0, 0.1) is 0 Å². The van der Waals surface area contributed by atoms with Crippen LogP contribution in [0.5, 0.6) is 0 Å². The molecule has 1 atom stereocenters. The van der Waals surface area contributed by atoms with Crippen molar-refractivity contribution in [2.75, 3.05) is 5.75 Å². The Labute approximate surface area is 77.5 Å². The Morgan fingerprint density at radius 2 is 2.17 bits per heavy atom. The molecule has 0 spiro atoms. The van der Waals surface area contributed by atoms with E-state index < -0.39 is 0 Å². The highest BCUT2D eigenvalue weighted by molar-refractivity contribution is 8.31. The van der Waals surface area contributed by atoms with Crippen LogP contribution in [0.4, 0.5) is 0 Å². The number of aryl methyl sites for hydroxylation is 1. The van der Waals surface area contributed by atoms with Gasteiger partial charge in [0.2, 0.25) is 0 Å². The summed E-state index contributed by atoms with van der Waals surface area (Å²) in [7, 11) is 0.701. The third-order valence-electron chi connectivity index (χ3n) is 2.08. The quantitative estimate of drug-likeness (QED) is 0.620. The van der Waals surface area contributed by atoms with E-state index in [1.807, 2.05) is 6.07 Å². The smallest absolute Gasteiger partial charge is 0.125 e. The Morgan fingerprint density at radius 3 is 3.00 bits per heavy atom. The van der Waals surface area contributed by atoms with Gasteiger partial charge in [-0.2, -0.15) is 0 Å². The van der Waals surface area contributed by atoms with Crippen molar-refractivity contribution in [2.45, 2.75) is 17.7 Å². The Kier molecular flexibility index (Phi) is 2.42. The van der Waals surface area contributed by atoms with E-state index in [0.29, 0.717) is 0 Å². The van der Waals surface area contributed by atoms with Gasteiger partial charge in [-0.25, -0.2) is 4.21 Å². The van der Waals surface area contributed by atoms with E-state index in [0.717, 1.165) is 22.4 Å². The lowest BCUT2D eigenvalue weighted by molar-refractivity contribution is 0.701. The van der Waals surface area contributed by atoms with Crippen LogP contribution in [0.25, 0.3) is 0 Å². The van der Waals surface area contributed by atoms with E-state index in [1.165, 1.54) is 16.9 Å². The molecular weight excluding hydrogens is 188 g/mol. The van der Waals surface area contributed by atoms with Crippen molar-refractivity contribution in [1.82, 2.24) is 0 Å². The van der Waals surface area contributed by atoms with E-state index in [-0.39, 0.29) is 9.45 Å². The maximum Gasteiger partial charge on any atom is 0.125 e. The van der Waals surface area contributed by atoms with E-state index in [1.54, 1.807) is 0 Å². The summed E-state index contributed by atoms with van der Waals surface area (Å²) in [5.41, 5.74) is 1.38. The number of hydrogen-bond donors (Lipinski definition) is 0. The van der Waals surface area contributed by atoms with E-state index in [2.05, 4.69) is 18.2 Å². The zero-order valence-electron chi connectivity index (χ0n) is 6.66. The first-order valence-corrected chi connectivity index (χ1v) is 6.66. The highest BCUT2D eigenvalue weighted by Crippen LogP contribution is 2.21. The second-order valence-corrected chi connectivity index (χ2v) is 6.12. The fourth-order valence-corrected chi connectivity index (χ4v) is 4.23. The average Bonchev–Trinajstić information content (AvgIpc) is 2.17. The highest BCUT2D eigenvalue weighted by Gasteiger charge is 2.12. The highest BCUT2D eigenvalue weighted by atomic mass is 32.8. The number of fused-ring (bicyclic) bond motifs is 1. The normalized spacial score (nSPS) is 21.5. The molecule has 0 aliphatic carbocycles. The summed E-state index contributed by atoms with van der Waals surface area (Å²) in [6.07, 6.45) is 2.33. The van der Waals surface area contributed by atoms with Crippen LogP contribution in [0.2, 0.25) is 0 Å². The molecule has 1 aromatic rings. The number of benzene rings is 1. The molecule has 1 aromatic carbocycles. The van der Waals surface area contributed by atoms with Gasteiger partial charge in [0.25, 0.3) is 0 Å². The molecule has 0 N–H and O–H groups in total. The Hall–Kier alpha value is -0.410. The standard InChI is InChI=1S/C9H10OS2/c10-11-12-7-3-5-8-4-1-2-6-9(8)12/h1-2,4,6H,3,5,7H2. The SMILES string of the molecule is O=S=S1CCCc2ccccc21. The lowest BCUT2D eigenvalue weighted by Gasteiger charge is -2.15. The molecule has 0 amide bonds. The van der Waals surface area contributed by atoms with Crippen molar-refractivity contribution in [3.63, 3.8) is 0 Å². The van der Waals surface area contributed by atoms with Gasteiger partial charge in [-0.3, -0.25) is 0 Å².